The zero-order chi connectivity index (χ0) is 10.0. The molecule has 3 fully saturated rings. The van der Waals surface area contributed by atoms with Crippen LogP contribution < -0.4 is 0 Å². The number of carboxylic acids is 2. The molecule has 0 radical (unpaired) electrons. The van der Waals surface area contributed by atoms with E-state index in [1.165, 1.54) is 0 Å². The summed E-state index contributed by atoms with van der Waals surface area (Å²) in [6, 6.07) is 0. The fraction of sp³-hybridized carbons (Fsp3) is 0.750. The minimum absolute atomic E-state index is 0.184. The van der Waals surface area contributed by atoms with Gasteiger partial charge in [0, 0.05) is 0 Å². The Bertz CT molecular complexity index is 296. The maximum atomic E-state index is 10.9. The predicted octanol–water partition coefficient (Wildman–Crippen LogP) is -1.06. The first-order chi connectivity index (χ1) is 6.61. The third-order valence-electron chi connectivity index (χ3n) is 3.19. The molecule has 6 heteroatoms. The molecule has 14 heavy (non-hydrogen) atoms. The Morgan fingerprint density at radius 3 is 1.50 bits per heavy atom. The Kier molecular flexibility index (Phi) is 1.32. The molecule has 2 N–H and O–H groups in total. The summed E-state index contributed by atoms with van der Waals surface area (Å²) < 4.78 is 10.4. The fourth-order valence-electron chi connectivity index (χ4n) is 2.58. The van der Waals surface area contributed by atoms with Crippen LogP contribution in [-0.2, 0) is 19.1 Å². The van der Waals surface area contributed by atoms with Crippen molar-refractivity contribution in [1.82, 2.24) is 0 Å². The molecule has 3 rings (SSSR count). The molecule has 0 aliphatic carbocycles. The van der Waals surface area contributed by atoms with E-state index in [9.17, 15) is 9.59 Å². The highest BCUT2D eigenvalue weighted by Gasteiger charge is 2.72. The van der Waals surface area contributed by atoms with Gasteiger partial charge in [0.1, 0.15) is 36.3 Å². The van der Waals surface area contributed by atoms with E-state index in [1.807, 2.05) is 0 Å². The molecular weight excluding hydrogens is 192 g/mol. The van der Waals surface area contributed by atoms with Crippen molar-refractivity contribution in [2.24, 2.45) is 11.8 Å². The molecule has 3 saturated heterocycles. The van der Waals surface area contributed by atoms with Gasteiger partial charge in [0.15, 0.2) is 0 Å². The van der Waals surface area contributed by atoms with Crippen molar-refractivity contribution in [3.8, 4) is 0 Å². The summed E-state index contributed by atoms with van der Waals surface area (Å²) in [6.45, 7) is 0. The second-order valence-electron chi connectivity index (χ2n) is 3.86. The standard InChI is InChI=1S/C8H8O6/c9-7(10)1-2(8(11)12)4-6-5(14-6)3(1)13-4/h1-6H,(H,9,10)(H,11,12)/t1-,2-,3+,4+,5+,6+/m0/s1. The van der Waals surface area contributed by atoms with Gasteiger partial charge in [-0.25, -0.2) is 0 Å². The summed E-state index contributed by atoms with van der Waals surface area (Å²) in [7, 11) is 0. The van der Waals surface area contributed by atoms with Gasteiger partial charge in [-0.2, -0.15) is 0 Å². The van der Waals surface area contributed by atoms with Crippen LogP contribution in [0.15, 0.2) is 0 Å². The summed E-state index contributed by atoms with van der Waals surface area (Å²) in [5.41, 5.74) is 0. The van der Waals surface area contributed by atoms with E-state index in [4.69, 9.17) is 19.7 Å². The molecule has 0 saturated carbocycles. The van der Waals surface area contributed by atoms with Crippen LogP contribution in [0.4, 0.5) is 0 Å². The van der Waals surface area contributed by atoms with Gasteiger partial charge in [-0.1, -0.05) is 0 Å². The molecule has 3 aliphatic rings. The number of fused-ring (bicyclic) bond motifs is 5. The van der Waals surface area contributed by atoms with E-state index in [2.05, 4.69) is 0 Å². The summed E-state index contributed by atoms with van der Waals surface area (Å²) in [5.74, 6) is -4.14. The zero-order valence-electron chi connectivity index (χ0n) is 6.99. The van der Waals surface area contributed by atoms with E-state index in [0.717, 1.165) is 0 Å². The Morgan fingerprint density at radius 1 is 0.786 bits per heavy atom. The topological polar surface area (TPSA) is 96.4 Å². The summed E-state index contributed by atoms with van der Waals surface area (Å²) in [6.07, 6.45) is -1.50. The van der Waals surface area contributed by atoms with Crippen LogP contribution in [0.2, 0.25) is 0 Å². The Morgan fingerprint density at radius 2 is 1.14 bits per heavy atom. The van der Waals surface area contributed by atoms with Gasteiger partial charge in [0.05, 0.1) is 0 Å². The average Bonchev–Trinajstić information content (AvgIpc) is 2.71. The molecule has 0 aromatic carbocycles. The second kappa shape index (κ2) is 2.26. The highest BCUT2D eigenvalue weighted by molar-refractivity contribution is 5.82. The summed E-state index contributed by atoms with van der Waals surface area (Å²) >= 11 is 0. The number of hydrogen-bond acceptors (Lipinski definition) is 4. The molecule has 0 unspecified atom stereocenters. The molecule has 0 amide bonds. The molecule has 2 bridgehead atoms. The van der Waals surface area contributed by atoms with Gasteiger partial charge >= 0.3 is 11.9 Å². The van der Waals surface area contributed by atoms with Crippen LogP contribution in [0, 0.1) is 11.8 Å². The van der Waals surface area contributed by atoms with Crippen molar-refractivity contribution in [3.63, 3.8) is 0 Å². The Labute approximate surface area is 78.4 Å². The molecule has 0 aromatic rings. The van der Waals surface area contributed by atoms with Crippen LogP contribution in [0.1, 0.15) is 0 Å². The number of hydrogen-bond donors (Lipinski definition) is 2. The van der Waals surface area contributed by atoms with Crippen molar-refractivity contribution < 1.29 is 29.3 Å². The minimum atomic E-state index is -1.11. The molecule has 0 aromatic heterocycles. The lowest BCUT2D eigenvalue weighted by Crippen LogP contribution is -2.41. The van der Waals surface area contributed by atoms with Gasteiger partial charge in [-0.3, -0.25) is 9.59 Å². The molecule has 0 spiro atoms. The number of rotatable bonds is 2. The quantitative estimate of drug-likeness (QED) is 0.551. The first-order valence-corrected chi connectivity index (χ1v) is 4.38. The van der Waals surface area contributed by atoms with Crippen LogP contribution in [0.5, 0.6) is 0 Å². The molecule has 6 atom stereocenters. The lowest BCUT2D eigenvalue weighted by Gasteiger charge is -2.17. The monoisotopic (exact) mass is 200 g/mol. The number of carbonyl (C=O) groups is 2. The van der Waals surface area contributed by atoms with Crippen LogP contribution in [0.3, 0.4) is 0 Å². The average molecular weight is 200 g/mol. The van der Waals surface area contributed by atoms with E-state index in [0.29, 0.717) is 0 Å². The third-order valence-corrected chi connectivity index (χ3v) is 3.19. The van der Waals surface area contributed by atoms with E-state index >= 15 is 0 Å². The first kappa shape index (κ1) is 8.19. The zero-order valence-corrected chi connectivity index (χ0v) is 6.99. The first-order valence-electron chi connectivity index (χ1n) is 4.38. The van der Waals surface area contributed by atoms with Crippen LogP contribution in [-0.4, -0.2) is 46.6 Å². The third kappa shape index (κ3) is 0.777. The highest BCUT2D eigenvalue weighted by Crippen LogP contribution is 2.53. The van der Waals surface area contributed by atoms with Crippen molar-refractivity contribution in [2.75, 3.05) is 0 Å². The fourth-order valence-corrected chi connectivity index (χ4v) is 2.58. The Balaban J connectivity index is 1.95. The molecular formula is C8H8O6. The maximum absolute atomic E-state index is 10.9. The van der Waals surface area contributed by atoms with E-state index in [1.54, 1.807) is 0 Å². The van der Waals surface area contributed by atoms with Gasteiger partial charge in [-0.05, 0) is 0 Å². The maximum Gasteiger partial charge on any atom is 0.310 e. The number of carboxylic acid groups (broad SMARTS) is 2. The summed E-state index contributed by atoms with van der Waals surface area (Å²) in [4.78, 5) is 21.7. The lowest BCUT2D eigenvalue weighted by atomic mass is 9.79. The van der Waals surface area contributed by atoms with Gasteiger partial charge in [-0.15, -0.1) is 0 Å². The van der Waals surface area contributed by atoms with Crippen molar-refractivity contribution in [2.45, 2.75) is 24.4 Å². The van der Waals surface area contributed by atoms with E-state index < -0.39 is 36.0 Å². The van der Waals surface area contributed by atoms with E-state index in [-0.39, 0.29) is 12.2 Å². The Hall–Kier alpha value is -1.14. The normalized spacial score (nSPS) is 52.9. The summed E-state index contributed by atoms with van der Waals surface area (Å²) in [5, 5.41) is 17.8. The number of aliphatic carboxylic acids is 2. The molecule has 3 heterocycles. The van der Waals surface area contributed by atoms with Gasteiger partial charge in [0.2, 0.25) is 0 Å². The SMILES string of the molecule is O=C(O)[C@@H]1[C@H]2O[C@@H]([C@H]3O[C@@H]32)[C@H]1C(=O)O. The minimum Gasteiger partial charge on any atom is -0.481 e. The second-order valence-corrected chi connectivity index (χ2v) is 3.86. The molecule has 6 nitrogen and oxygen atoms in total. The largest absolute Gasteiger partial charge is 0.481 e. The van der Waals surface area contributed by atoms with Gasteiger partial charge in [0.25, 0.3) is 0 Å². The number of ether oxygens (including phenoxy) is 2. The van der Waals surface area contributed by atoms with Crippen molar-refractivity contribution in [1.29, 1.82) is 0 Å². The smallest absolute Gasteiger partial charge is 0.310 e. The lowest BCUT2D eigenvalue weighted by molar-refractivity contribution is -0.153. The van der Waals surface area contributed by atoms with Crippen LogP contribution in [0.25, 0.3) is 0 Å². The molecule has 76 valence electrons. The number of epoxide rings is 1. The van der Waals surface area contributed by atoms with Crippen molar-refractivity contribution >= 4 is 11.9 Å². The van der Waals surface area contributed by atoms with Crippen LogP contribution >= 0.6 is 0 Å². The highest BCUT2D eigenvalue weighted by atomic mass is 16.7. The predicted molar refractivity (Wildman–Crippen MR) is 39.6 cm³/mol. The van der Waals surface area contributed by atoms with Crippen molar-refractivity contribution in [3.05, 3.63) is 0 Å². The molecule has 3 aliphatic heterocycles. The van der Waals surface area contributed by atoms with Gasteiger partial charge < -0.3 is 19.7 Å².